The van der Waals surface area contributed by atoms with Crippen LogP contribution in [0.3, 0.4) is 0 Å². The zero-order chi connectivity index (χ0) is 12.8. The van der Waals surface area contributed by atoms with Crippen molar-refractivity contribution in [2.75, 3.05) is 6.54 Å². The first-order valence-corrected chi connectivity index (χ1v) is 6.79. The second-order valence-electron chi connectivity index (χ2n) is 5.12. The molecule has 1 aliphatic rings. The maximum absolute atomic E-state index is 11.8. The molecular weight excluding hydrogens is 224 g/mol. The number of rotatable bonds is 4. The molecule has 0 radical (unpaired) electrons. The fraction of sp³-hybridized carbons (Fsp3) is 0.533. The van der Waals surface area contributed by atoms with Gasteiger partial charge in [0.1, 0.15) is 0 Å². The third-order valence-corrected chi connectivity index (χ3v) is 3.42. The van der Waals surface area contributed by atoms with Gasteiger partial charge in [-0.3, -0.25) is 4.79 Å². The minimum Gasteiger partial charge on any atom is -0.352 e. The van der Waals surface area contributed by atoms with E-state index in [1.54, 1.807) is 0 Å². The summed E-state index contributed by atoms with van der Waals surface area (Å²) in [6.07, 6.45) is 4.20. The predicted octanol–water partition coefficient (Wildman–Crippen LogP) is 2.14. The number of carbonyl (C=O) groups excluding carboxylic acids is 1. The third-order valence-electron chi connectivity index (χ3n) is 3.42. The quantitative estimate of drug-likeness (QED) is 0.854. The van der Waals surface area contributed by atoms with E-state index in [-0.39, 0.29) is 5.91 Å². The minimum absolute atomic E-state index is 0.149. The molecule has 1 aromatic carbocycles. The summed E-state index contributed by atoms with van der Waals surface area (Å²) in [4.78, 5) is 11.8. The van der Waals surface area contributed by atoms with E-state index in [2.05, 4.69) is 29.7 Å². The van der Waals surface area contributed by atoms with Gasteiger partial charge in [0, 0.05) is 19.0 Å². The monoisotopic (exact) mass is 246 g/mol. The van der Waals surface area contributed by atoms with Gasteiger partial charge in [0.25, 0.3) is 0 Å². The second kappa shape index (κ2) is 6.55. The fourth-order valence-electron chi connectivity index (χ4n) is 2.42. The third kappa shape index (κ3) is 4.15. The summed E-state index contributed by atoms with van der Waals surface area (Å²) in [7, 11) is 0. The predicted molar refractivity (Wildman–Crippen MR) is 73.3 cm³/mol. The van der Waals surface area contributed by atoms with Crippen LogP contribution < -0.4 is 10.6 Å². The molecule has 3 heteroatoms. The fourth-order valence-corrected chi connectivity index (χ4v) is 2.42. The molecule has 3 nitrogen and oxygen atoms in total. The molecule has 1 unspecified atom stereocenters. The molecule has 1 aliphatic heterocycles. The standard InChI is InChI=1S/C15H22N2O/c1-12-5-4-6-13(9-12)11-17-15(18)10-14-7-2-3-8-16-14/h4-6,9,14,16H,2-3,7-8,10-11H2,1H3,(H,17,18). The molecule has 1 atom stereocenters. The summed E-state index contributed by atoms with van der Waals surface area (Å²) in [5.74, 6) is 0.149. The van der Waals surface area contributed by atoms with E-state index in [0.29, 0.717) is 19.0 Å². The summed E-state index contributed by atoms with van der Waals surface area (Å²) in [6, 6.07) is 8.62. The number of aryl methyl sites for hydroxylation is 1. The van der Waals surface area contributed by atoms with Crippen LogP contribution in [0.5, 0.6) is 0 Å². The van der Waals surface area contributed by atoms with Crippen LogP contribution in [0.25, 0.3) is 0 Å². The molecule has 0 aliphatic carbocycles. The maximum atomic E-state index is 11.8. The van der Waals surface area contributed by atoms with Crippen molar-refractivity contribution in [1.82, 2.24) is 10.6 Å². The van der Waals surface area contributed by atoms with Gasteiger partial charge in [-0.15, -0.1) is 0 Å². The Morgan fingerprint density at radius 2 is 2.33 bits per heavy atom. The van der Waals surface area contributed by atoms with Crippen molar-refractivity contribution in [2.45, 2.75) is 45.2 Å². The van der Waals surface area contributed by atoms with Crippen LogP contribution in [0, 0.1) is 6.92 Å². The summed E-state index contributed by atoms with van der Waals surface area (Å²) in [5, 5.41) is 6.39. The van der Waals surface area contributed by atoms with Crippen molar-refractivity contribution < 1.29 is 4.79 Å². The van der Waals surface area contributed by atoms with Gasteiger partial charge in [0.05, 0.1) is 0 Å². The lowest BCUT2D eigenvalue weighted by atomic mass is 10.0. The topological polar surface area (TPSA) is 41.1 Å². The zero-order valence-corrected chi connectivity index (χ0v) is 11.0. The Morgan fingerprint density at radius 3 is 3.06 bits per heavy atom. The van der Waals surface area contributed by atoms with Gasteiger partial charge in [-0.2, -0.15) is 0 Å². The highest BCUT2D eigenvalue weighted by molar-refractivity contribution is 5.76. The number of amides is 1. The summed E-state index contributed by atoms with van der Waals surface area (Å²) in [5.41, 5.74) is 2.40. The molecule has 2 N–H and O–H groups in total. The van der Waals surface area contributed by atoms with E-state index in [4.69, 9.17) is 0 Å². The van der Waals surface area contributed by atoms with Crippen LogP contribution in [-0.4, -0.2) is 18.5 Å². The van der Waals surface area contributed by atoms with Crippen LogP contribution in [0.4, 0.5) is 0 Å². The maximum Gasteiger partial charge on any atom is 0.221 e. The number of piperidine rings is 1. The molecule has 0 bridgehead atoms. The van der Waals surface area contributed by atoms with Crippen LogP contribution in [0.15, 0.2) is 24.3 Å². The summed E-state index contributed by atoms with van der Waals surface area (Å²) < 4.78 is 0. The van der Waals surface area contributed by atoms with E-state index in [9.17, 15) is 4.79 Å². The largest absolute Gasteiger partial charge is 0.352 e. The molecule has 1 amide bonds. The smallest absolute Gasteiger partial charge is 0.221 e. The first-order valence-electron chi connectivity index (χ1n) is 6.79. The molecule has 1 heterocycles. The van der Waals surface area contributed by atoms with Gasteiger partial charge >= 0.3 is 0 Å². The van der Waals surface area contributed by atoms with Crippen molar-refractivity contribution in [3.63, 3.8) is 0 Å². The highest BCUT2D eigenvalue weighted by Gasteiger charge is 2.15. The number of carbonyl (C=O) groups is 1. The molecule has 1 fully saturated rings. The summed E-state index contributed by atoms with van der Waals surface area (Å²) >= 11 is 0. The molecule has 0 spiro atoms. The second-order valence-corrected chi connectivity index (χ2v) is 5.12. The van der Waals surface area contributed by atoms with Gasteiger partial charge < -0.3 is 10.6 Å². The van der Waals surface area contributed by atoms with Crippen LogP contribution in [0.1, 0.15) is 36.8 Å². The summed E-state index contributed by atoms with van der Waals surface area (Å²) in [6.45, 7) is 3.75. The Labute approximate surface area is 109 Å². The van der Waals surface area contributed by atoms with E-state index in [1.807, 2.05) is 12.1 Å². The Kier molecular flexibility index (Phi) is 4.76. The first-order chi connectivity index (χ1) is 8.74. The van der Waals surface area contributed by atoms with Crippen molar-refractivity contribution in [3.8, 4) is 0 Å². The van der Waals surface area contributed by atoms with Gasteiger partial charge in [-0.05, 0) is 31.9 Å². The SMILES string of the molecule is Cc1cccc(CNC(=O)CC2CCCCN2)c1. The lowest BCUT2D eigenvalue weighted by Gasteiger charge is -2.22. The van der Waals surface area contributed by atoms with Gasteiger partial charge in [0.15, 0.2) is 0 Å². The molecular formula is C15H22N2O. The number of hydrogen-bond acceptors (Lipinski definition) is 2. The van der Waals surface area contributed by atoms with E-state index < -0.39 is 0 Å². The number of benzene rings is 1. The molecule has 1 aromatic rings. The van der Waals surface area contributed by atoms with Crippen molar-refractivity contribution in [3.05, 3.63) is 35.4 Å². The van der Waals surface area contributed by atoms with Crippen molar-refractivity contribution >= 4 is 5.91 Å². The zero-order valence-electron chi connectivity index (χ0n) is 11.0. The average Bonchev–Trinajstić information content (AvgIpc) is 2.38. The molecule has 0 saturated carbocycles. The average molecular weight is 246 g/mol. The highest BCUT2D eigenvalue weighted by Crippen LogP contribution is 2.10. The van der Waals surface area contributed by atoms with Gasteiger partial charge in [-0.25, -0.2) is 0 Å². The van der Waals surface area contributed by atoms with E-state index >= 15 is 0 Å². The molecule has 98 valence electrons. The Morgan fingerprint density at radius 1 is 1.44 bits per heavy atom. The van der Waals surface area contributed by atoms with Gasteiger partial charge in [-0.1, -0.05) is 36.2 Å². The highest BCUT2D eigenvalue weighted by atomic mass is 16.1. The molecule has 1 saturated heterocycles. The molecule has 2 rings (SSSR count). The van der Waals surface area contributed by atoms with E-state index in [0.717, 1.165) is 13.0 Å². The number of nitrogens with one attached hydrogen (secondary N) is 2. The van der Waals surface area contributed by atoms with Crippen LogP contribution >= 0.6 is 0 Å². The Balaban J connectivity index is 1.74. The minimum atomic E-state index is 0.149. The van der Waals surface area contributed by atoms with Crippen LogP contribution in [0.2, 0.25) is 0 Å². The van der Waals surface area contributed by atoms with E-state index in [1.165, 1.54) is 24.0 Å². The van der Waals surface area contributed by atoms with Crippen molar-refractivity contribution in [2.24, 2.45) is 0 Å². The lowest BCUT2D eigenvalue weighted by Crippen LogP contribution is -2.38. The Bertz CT molecular complexity index is 397. The first kappa shape index (κ1) is 13.1. The van der Waals surface area contributed by atoms with Gasteiger partial charge in [0.2, 0.25) is 5.91 Å². The lowest BCUT2D eigenvalue weighted by molar-refractivity contribution is -0.121. The molecule has 18 heavy (non-hydrogen) atoms. The molecule has 0 aromatic heterocycles. The Hall–Kier alpha value is -1.35. The van der Waals surface area contributed by atoms with Crippen LogP contribution in [-0.2, 0) is 11.3 Å². The number of hydrogen-bond donors (Lipinski definition) is 2. The normalized spacial score (nSPS) is 19.5. The van der Waals surface area contributed by atoms with Crippen molar-refractivity contribution in [1.29, 1.82) is 0 Å².